The average Bonchev–Trinajstić information content (AvgIpc) is 2.61. The summed E-state index contributed by atoms with van der Waals surface area (Å²) in [5.74, 6) is 0.168. The van der Waals surface area contributed by atoms with Gasteiger partial charge in [-0.25, -0.2) is 0 Å². The largest absolute Gasteiger partial charge is 0.339 e. The van der Waals surface area contributed by atoms with Crippen LogP contribution in [0.5, 0.6) is 0 Å². The van der Waals surface area contributed by atoms with Gasteiger partial charge in [0.2, 0.25) is 0 Å². The lowest BCUT2D eigenvalue weighted by molar-refractivity contribution is -0.117. The second-order valence-corrected chi connectivity index (χ2v) is 3.51. The molecule has 2 heterocycles. The number of rotatable bonds is 0. The van der Waals surface area contributed by atoms with E-state index in [0.717, 1.165) is 11.1 Å². The number of carbonyl (C=O) groups excluding carboxylic acids is 1. The van der Waals surface area contributed by atoms with Crippen LogP contribution >= 0.6 is 0 Å². The van der Waals surface area contributed by atoms with E-state index in [0.29, 0.717) is 0 Å². The fourth-order valence-corrected chi connectivity index (χ4v) is 2.01. The number of hydrogen-bond donors (Lipinski definition) is 0. The third-order valence-electron chi connectivity index (χ3n) is 2.70. The zero-order valence-electron chi connectivity index (χ0n) is 7.55. The zero-order valence-corrected chi connectivity index (χ0v) is 7.55. The van der Waals surface area contributed by atoms with Gasteiger partial charge in [-0.1, -0.05) is 24.3 Å². The van der Waals surface area contributed by atoms with Gasteiger partial charge in [0.05, 0.1) is 0 Å². The first-order chi connectivity index (χ1) is 6.86. The molecular formula is C12H9NO. The molecular weight excluding hydrogens is 174 g/mol. The molecule has 14 heavy (non-hydrogen) atoms. The first-order valence-corrected chi connectivity index (χ1v) is 4.63. The van der Waals surface area contributed by atoms with Gasteiger partial charge >= 0.3 is 0 Å². The SMILES string of the molecule is O=C1C=CN2C=Cc3ccccc3C12. The van der Waals surface area contributed by atoms with Crippen molar-refractivity contribution in [2.45, 2.75) is 6.04 Å². The van der Waals surface area contributed by atoms with Crippen molar-refractivity contribution in [1.82, 2.24) is 4.90 Å². The predicted molar refractivity (Wildman–Crippen MR) is 54.2 cm³/mol. The third-order valence-corrected chi connectivity index (χ3v) is 2.70. The van der Waals surface area contributed by atoms with Crippen LogP contribution in [-0.2, 0) is 4.79 Å². The molecule has 0 amide bonds. The number of benzene rings is 1. The number of hydrogen-bond acceptors (Lipinski definition) is 2. The van der Waals surface area contributed by atoms with E-state index in [1.54, 1.807) is 6.08 Å². The molecule has 1 aromatic rings. The number of nitrogens with zero attached hydrogens (tertiary/aromatic N) is 1. The molecule has 3 rings (SSSR count). The highest BCUT2D eigenvalue weighted by atomic mass is 16.1. The fraction of sp³-hybridized carbons (Fsp3) is 0.0833. The van der Waals surface area contributed by atoms with Crippen LogP contribution < -0.4 is 0 Å². The predicted octanol–water partition coefficient (Wildman–Crippen LogP) is 2.11. The summed E-state index contributed by atoms with van der Waals surface area (Å²) in [5.41, 5.74) is 2.25. The molecule has 0 fully saturated rings. The van der Waals surface area contributed by atoms with Gasteiger partial charge in [-0.15, -0.1) is 0 Å². The Kier molecular flexibility index (Phi) is 1.39. The summed E-state index contributed by atoms with van der Waals surface area (Å²) in [4.78, 5) is 13.6. The summed E-state index contributed by atoms with van der Waals surface area (Å²) in [6.07, 6.45) is 7.46. The molecule has 1 atom stereocenters. The van der Waals surface area contributed by atoms with E-state index in [9.17, 15) is 4.79 Å². The number of ketones is 1. The van der Waals surface area contributed by atoms with Crippen LogP contribution in [0.25, 0.3) is 6.08 Å². The summed E-state index contributed by atoms with van der Waals surface area (Å²) < 4.78 is 0. The number of carbonyl (C=O) groups is 1. The van der Waals surface area contributed by atoms with Gasteiger partial charge < -0.3 is 4.90 Å². The van der Waals surface area contributed by atoms with Gasteiger partial charge in [0.15, 0.2) is 5.78 Å². The van der Waals surface area contributed by atoms with Crippen molar-refractivity contribution in [2.75, 3.05) is 0 Å². The van der Waals surface area contributed by atoms with Crippen molar-refractivity contribution in [3.63, 3.8) is 0 Å². The van der Waals surface area contributed by atoms with Crippen LogP contribution in [0, 0.1) is 0 Å². The molecule has 1 unspecified atom stereocenters. The molecule has 0 radical (unpaired) electrons. The average molecular weight is 183 g/mol. The smallest absolute Gasteiger partial charge is 0.184 e. The van der Waals surface area contributed by atoms with Crippen LogP contribution in [0.2, 0.25) is 0 Å². The van der Waals surface area contributed by atoms with Crippen LogP contribution in [0.1, 0.15) is 17.2 Å². The summed E-state index contributed by atoms with van der Waals surface area (Å²) in [5, 5.41) is 0. The summed E-state index contributed by atoms with van der Waals surface area (Å²) in [6, 6.07) is 7.90. The van der Waals surface area contributed by atoms with Crippen molar-refractivity contribution in [3.8, 4) is 0 Å². The Balaban J connectivity index is 2.19. The van der Waals surface area contributed by atoms with E-state index < -0.39 is 0 Å². The molecule has 2 aliphatic rings. The first kappa shape index (κ1) is 7.56. The van der Waals surface area contributed by atoms with Gasteiger partial charge in [-0.3, -0.25) is 4.79 Å². The monoisotopic (exact) mass is 183 g/mol. The minimum Gasteiger partial charge on any atom is -0.339 e. The Morgan fingerprint density at radius 3 is 2.79 bits per heavy atom. The highest BCUT2D eigenvalue weighted by molar-refractivity contribution is 5.98. The highest BCUT2D eigenvalue weighted by Crippen LogP contribution is 2.34. The topological polar surface area (TPSA) is 20.3 Å². The van der Waals surface area contributed by atoms with E-state index in [1.807, 2.05) is 47.6 Å². The van der Waals surface area contributed by atoms with E-state index in [1.165, 1.54) is 0 Å². The minimum atomic E-state index is -0.115. The molecule has 0 N–H and O–H groups in total. The molecule has 0 aromatic heterocycles. The zero-order chi connectivity index (χ0) is 9.54. The summed E-state index contributed by atoms with van der Waals surface area (Å²) >= 11 is 0. The van der Waals surface area contributed by atoms with E-state index in [2.05, 4.69) is 0 Å². The van der Waals surface area contributed by atoms with Crippen molar-refractivity contribution in [2.24, 2.45) is 0 Å². The second-order valence-electron chi connectivity index (χ2n) is 3.51. The molecule has 0 aliphatic carbocycles. The van der Waals surface area contributed by atoms with Gasteiger partial charge in [0, 0.05) is 12.4 Å². The lowest BCUT2D eigenvalue weighted by atomic mass is 9.95. The second kappa shape index (κ2) is 2.58. The molecule has 0 saturated heterocycles. The van der Waals surface area contributed by atoms with E-state index in [-0.39, 0.29) is 11.8 Å². The number of fused-ring (bicyclic) bond motifs is 3. The Morgan fingerprint density at radius 2 is 1.86 bits per heavy atom. The highest BCUT2D eigenvalue weighted by Gasteiger charge is 2.30. The maximum absolute atomic E-state index is 11.6. The van der Waals surface area contributed by atoms with Gasteiger partial charge in [-0.2, -0.15) is 0 Å². The maximum Gasteiger partial charge on any atom is 0.184 e. The van der Waals surface area contributed by atoms with Gasteiger partial charge in [-0.05, 0) is 23.3 Å². The van der Waals surface area contributed by atoms with Gasteiger partial charge in [0.1, 0.15) is 6.04 Å². The lowest BCUT2D eigenvalue weighted by Gasteiger charge is -2.26. The molecule has 2 nitrogen and oxygen atoms in total. The van der Waals surface area contributed by atoms with Crippen LogP contribution in [0.15, 0.2) is 42.7 Å². The van der Waals surface area contributed by atoms with Crippen molar-refractivity contribution >= 4 is 11.9 Å². The molecule has 1 aromatic carbocycles. The Morgan fingerprint density at radius 1 is 1.07 bits per heavy atom. The Hall–Kier alpha value is -1.83. The molecule has 0 bridgehead atoms. The molecule has 2 heteroatoms. The Bertz CT molecular complexity index is 459. The lowest BCUT2D eigenvalue weighted by Crippen LogP contribution is -2.22. The van der Waals surface area contributed by atoms with Crippen LogP contribution in [-0.4, -0.2) is 10.7 Å². The standard InChI is InChI=1S/C12H9NO/c14-11-6-8-13-7-5-9-3-1-2-4-10(9)12(11)13/h1-8,12H. The maximum atomic E-state index is 11.6. The Labute approximate surface area is 82.2 Å². The van der Waals surface area contributed by atoms with E-state index in [4.69, 9.17) is 0 Å². The van der Waals surface area contributed by atoms with Crippen LogP contribution in [0.3, 0.4) is 0 Å². The minimum absolute atomic E-state index is 0.115. The molecule has 0 spiro atoms. The third kappa shape index (κ3) is 0.880. The van der Waals surface area contributed by atoms with Crippen molar-refractivity contribution < 1.29 is 4.79 Å². The van der Waals surface area contributed by atoms with Crippen molar-refractivity contribution in [3.05, 3.63) is 53.9 Å². The molecule has 2 aliphatic heterocycles. The van der Waals surface area contributed by atoms with Crippen molar-refractivity contribution in [1.29, 1.82) is 0 Å². The van der Waals surface area contributed by atoms with E-state index >= 15 is 0 Å². The quantitative estimate of drug-likeness (QED) is 0.614. The first-order valence-electron chi connectivity index (χ1n) is 4.63. The van der Waals surface area contributed by atoms with Gasteiger partial charge in [0.25, 0.3) is 0 Å². The normalized spacial score (nSPS) is 22.4. The molecule has 68 valence electrons. The summed E-state index contributed by atoms with van der Waals surface area (Å²) in [6.45, 7) is 0. The van der Waals surface area contributed by atoms with Crippen LogP contribution in [0.4, 0.5) is 0 Å². The molecule has 0 saturated carbocycles. The fourth-order valence-electron chi connectivity index (χ4n) is 2.01. The summed E-state index contributed by atoms with van der Waals surface area (Å²) in [7, 11) is 0.